The first-order chi connectivity index (χ1) is 12.5. The molecule has 4 rings (SSSR count). The predicted octanol–water partition coefficient (Wildman–Crippen LogP) is 3.97. The highest BCUT2D eigenvalue weighted by Crippen LogP contribution is 2.36. The Hall–Kier alpha value is -2.59. The highest BCUT2D eigenvalue weighted by atomic mass is 35.5. The summed E-state index contributed by atoms with van der Waals surface area (Å²) in [6.45, 7) is 1.66. The van der Waals surface area contributed by atoms with E-state index in [9.17, 15) is 0 Å². The summed E-state index contributed by atoms with van der Waals surface area (Å²) in [4.78, 5) is 4.45. The molecule has 0 aliphatic carbocycles. The van der Waals surface area contributed by atoms with E-state index in [4.69, 9.17) is 11.6 Å². The van der Waals surface area contributed by atoms with E-state index in [1.807, 2.05) is 24.3 Å². The van der Waals surface area contributed by atoms with E-state index in [1.54, 1.807) is 0 Å². The number of hydrogen-bond donors (Lipinski definition) is 1. The number of fused-ring (bicyclic) bond motifs is 1. The molecule has 0 saturated carbocycles. The van der Waals surface area contributed by atoms with Crippen molar-refractivity contribution in [3.8, 4) is 0 Å². The van der Waals surface area contributed by atoms with Crippen LogP contribution in [0.1, 0.15) is 5.56 Å². The van der Waals surface area contributed by atoms with Gasteiger partial charge in [0, 0.05) is 44.5 Å². The van der Waals surface area contributed by atoms with Crippen LogP contribution in [0.3, 0.4) is 0 Å². The highest BCUT2D eigenvalue weighted by molar-refractivity contribution is 6.33. The van der Waals surface area contributed by atoms with Crippen molar-refractivity contribution >= 4 is 28.7 Å². The fourth-order valence-electron chi connectivity index (χ4n) is 3.56. The lowest BCUT2D eigenvalue weighted by Gasteiger charge is -2.28. The van der Waals surface area contributed by atoms with Crippen molar-refractivity contribution in [2.24, 2.45) is 0 Å². The average Bonchev–Trinajstić information content (AvgIpc) is 3.06. The molecule has 0 aromatic heterocycles. The predicted molar refractivity (Wildman–Crippen MR) is 110 cm³/mol. The minimum Gasteiger partial charge on any atom is -0.378 e. The SMILES string of the molecule is CN1CC=C2NN(c3ccccc3Cl)CC2=C1c1cccc(N(C)C)c1. The number of anilines is 2. The van der Waals surface area contributed by atoms with Crippen molar-refractivity contribution in [3.05, 3.63) is 76.5 Å². The van der Waals surface area contributed by atoms with Crippen LogP contribution in [0.4, 0.5) is 11.4 Å². The molecule has 1 saturated heterocycles. The molecule has 4 nitrogen and oxygen atoms in total. The topological polar surface area (TPSA) is 21.8 Å². The molecule has 2 aliphatic rings. The lowest BCUT2D eigenvalue weighted by atomic mass is 10.00. The van der Waals surface area contributed by atoms with Crippen LogP contribution in [0.15, 0.2) is 65.9 Å². The lowest BCUT2D eigenvalue weighted by Crippen LogP contribution is -2.30. The average molecular weight is 367 g/mol. The van der Waals surface area contributed by atoms with Crippen LogP contribution in [0, 0.1) is 0 Å². The van der Waals surface area contributed by atoms with E-state index < -0.39 is 0 Å². The van der Waals surface area contributed by atoms with Gasteiger partial charge in [-0.2, -0.15) is 0 Å². The monoisotopic (exact) mass is 366 g/mol. The van der Waals surface area contributed by atoms with Gasteiger partial charge in [0.1, 0.15) is 0 Å². The van der Waals surface area contributed by atoms with Gasteiger partial charge in [0.05, 0.1) is 28.6 Å². The number of hydrazine groups is 1. The summed E-state index contributed by atoms with van der Waals surface area (Å²) in [5.41, 5.74) is 10.7. The van der Waals surface area contributed by atoms with Gasteiger partial charge >= 0.3 is 0 Å². The number of hydrogen-bond acceptors (Lipinski definition) is 4. The zero-order valence-electron chi connectivity index (χ0n) is 15.3. The van der Waals surface area contributed by atoms with Gasteiger partial charge in [-0.1, -0.05) is 35.9 Å². The highest BCUT2D eigenvalue weighted by Gasteiger charge is 2.30. The number of rotatable bonds is 3. The molecular formula is C21H23ClN4. The standard InChI is InChI=1S/C21H23ClN4/c1-24(2)16-8-6-7-15(13-16)21-17-14-26(20-10-5-4-9-18(20)22)23-19(17)11-12-25(21)3/h4-11,13,23H,12,14H2,1-3H3. The zero-order valence-corrected chi connectivity index (χ0v) is 16.1. The summed E-state index contributed by atoms with van der Waals surface area (Å²) in [5.74, 6) is 0. The Bertz CT molecular complexity index is 900. The molecule has 2 aromatic carbocycles. The molecule has 1 fully saturated rings. The number of para-hydroxylation sites is 1. The van der Waals surface area contributed by atoms with E-state index in [-0.39, 0.29) is 0 Å². The normalized spacial score (nSPS) is 16.4. The van der Waals surface area contributed by atoms with Crippen molar-refractivity contribution in [2.75, 3.05) is 44.1 Å². The molecule has 2 aliphatic heterocycles. The van der Waals surface area contributed by atoms with E-state index in [0.29, 0.717) is 0 Å². The van der Waals surface area contributed by atoms with Crippen molar-refractivity contribution < 1.29 is 0 Å². The Labute approximate surface area is 159 Å². The maximum atomic E-state index is 6.41. The largest absolute Gasteiger partial charge is 0.378 e. The van der Waals surface area contributed by atoms with E-state index in [1.165, 1.54) is 28.2 Å². The Balaban J connectivity index is 1.77. The van der Waals surface area contributed by atoms with Crippen LogP contribution >= 0.6 is 11.6 Å². The first kappa shape index (κ1) is 16.9. The van der Waals surface area contributed by atoms with Gasteiger partial charge in [-0.05, 0) is 30.3 Å². The molecule has 0 bridgehead atoms. The summed E-state index contributed by atoms with van der Waals surface area (Å²) in [6, 6.07) is 16.6. The summed E-state index contributed by atoms with van der Waals surface area (Å²) in [7, 11) is 6.29. The maximum absolute atomic E-state index is 6.41. The second-order valence-corrected chi connectivity index (χ2v) is 7.33. The molecule has 0 amide bonds. The third-order valence-corrected chi connectivity index (χ3v) is 5.23. The number of likely N-dealkylation sites (N-methyl/N-ethyl adjacent to an activating group) is 1. The maximum Gasteiger partial charge on any atom is 0.0762 e. The van der Waals surface area contributed by atoms with Gasteiger partial charge in [0.25, 0.3) is 0 Å². The number of nitrogens with one attached hydrogen (secondary N) is 1. The van der Waals surface area contributed by atoms with Crippen LogP contribution in [0.2, 0.25) is 5.02 Å². The van der Waals surface area contributed by atoms with Crippen LogP contribution in [-0.2, 0) is 0 Å². The van der Waals surface area contributed by atoms with Gasteiger partial charge in [0.2, 0.25) is 0 Å². The quantitative estimate of drug-likeness (QED) is 0.887. The van der Waals surface area contributed by atoms with Crippen LogP contribution in [0.5, 0.6) is 0 Å². The zero-order chi connectivity index (χ0) is 18.3. The molecule has 0 unspecified atom stereocenters. The Morgan fingerprint density at radius 2 is 1.88 bits per heavy atom. The van der Waals surface area contributed by atoms with Gasteiger partial charge in [-0.3, -0.25) is 10.4 Å². The minimum atomic E-state index is 0.754. The van der Waals surface area contributed by atoms with Crippen molar-refractivity contribution in [1.82, 2.24) is 10.3 Å². The summed E-state index contributed by atoms with van der Waals surface area (Å²) < 4.78 is 0. The van der Waals surface area contributed by atoms with Gasteiger partial charge < -0.3 is 9.80 Å². The second kappa shape index (κ2) is 6.61. The molecular weight excluding hydrogens is 344 g/mol. The second-order valence-electron chi connectivity index (χ2n) is 6.92. The van der Waals surface area contributed by atoms with Crippen LogP contribution in [0.25, 0.3) is 5.70 Å². The van der Waals surface area contributed by atoms with Gasteiger partial charge in [-0.15, -0.1) is 0 Å². The molecule has 0 atom stereocenters. The molecule has 134 valence electrons. The molecule has 0 spiro atoms. The third-order valence-electron chi connectivity index (χ3n) is 4.91. The molecule has 1 N–H and O–H groups in total. The molecule has 2 aromatic rings. The molecule has 0 radical (unpaired) electrons. The fraction of sp³-hybridized carbons (Fsp3) is 0.238. The Morgan fingerprint density at radius 3 is 2.65 bits per heavy atom. The summed E-state index contributed by atoms with van der Waals surface area (Å²) >= 11 is 6.41. The van der Waals surface area contributed by atoms with Crippen molar-refractivity contribution in [2.45, 2.75) is 0 Å². The Morgan fingerprint density at radius 1 is 1.08 bits per heavy atom. The number of nitrogens with zero attached hydrogens (tertiary/aromatic N) is 3. The first-order valence-electron chi connectivity index (χ1n) is 8.76. The van der Waals surface area contributed by atoms with E-state index in [2.05, 4.69) is 71.7 Å². The van der Waals surface area contributed by atoms with E-state index in [0.717, 1.165) is 23.8 Å². The van der Waals surface area contributed by atoms with Crippen LogP contribution < -0.4 is 15.3 Å². The van der Waals surface area contributed by atoms with Crippen LogP contribution in [-0.4, -0.2) is 39.1 Å². The first-order valence-corrected chi connectivity index (χ1v) is 9.13. The van der Waals surface area contributed by atoms with E-state index >= 15 is 0 Å². The number of benzene rings is 2. The third kappa shape index (κ3) is 2.90. The van der Waals surface area contributed by atoms with Gasteiger partial charge in [0.15, 0.2) is 0 Å². The smallest absolute Gasteiger partial charge is 0.0762 e. The minimum absolute atomic E-state index is 0.754. The molecule has 26 heavy (non-hydrogen) atoms. The lowest BCUT2D eigenvalue weighted by molar-refractivity contribution is 0.524. The summed E-state index contributed by atoms with van der Waals surface area (Å²) in [6.07, 6.45) is 2.24. The Kier molecular flexibility index (Phi) is 4.29. The summed E-state index contributed by atoms with van der Waals surface area (Å²) in [5, 5.41) is 2.88. The fourth-order valence-corrected chi connectivity index (χ4v) is 3.80. The molecule has 5 heteroatoms. The molecule has 2 heterocycles. The van der Waals surface area contributed by atoms with Gasteiger partial charge in [-0.25, -0.2) is 0 Å². The van der Waals surface area contributed by atoms with Crippen molar-refractivity contribution in [1.29, 1.82) is 0 Å². The number of halogens is 1. The van der Waals surface area contributed by atoms with Crippen molar-refractivity contribution in [3.63, 3.8) is 0 Å².